The van der Waals surface area contributed by atoms with Gasteiger partial charge in [0, 0.05) is 23.1 Å². The minimum Gasteiger partial charge on any atom is -0.346 e. The molecule has 0 saturated carbocycles. The number of halogens is 3. The summed E-state index contributed by atoms with van der Waals surface area (Å²) in [5, 5.41) is 11.7. The number of aryl methyl sites for hydroxylation is 1. The number of rotatable bonds is 4. The molecular formula is C20H20F3N3O. The topological polar surface area (TPSA) is 57.8 Å². The first-order valence-electron chi connectivity index (χ1n) is 8.33. The molecule has 142 valence electrons. The Bertz CT molecular complexity index is 931. The first-order valence-corrected chi connectivity index (χ1v) is 8.33. The van der Waals surface area contributed by atoms with Crippen molar-refractivity contribution >= 4 is 17.7 Å². The third-order valence-corrected chi connectivity index (χ3v) is 4.15. The van der Waals surface area contributed by atoms with E-state index in [1.54, 1.807) is 0 Å². The van der Waals surface area contributed by atoms with Gasteiger partial charge in [-0.05, 0) is 63.6 Å². The molecule has 1 aromatic carbocycles. The molecule has 0 spiro atoms. The summed E-state index contributed by atoms with van der Waals surface area (Å²) in [6.07, 6.45) is -3.06. The van der Waals surface area contributed by atoms with Crippen LogP contribution in [0.3, 0.4) is 0 Å². The first kappa shape index (κ1) is 20.3. The largest absolute Gasteiger partial charge is 0.416 e. The van der Waals surface area contributed by atoms with Crippen LogP contribution in [0.5, 0.6) is 0 Å². The molecule has 2 aromatic rings. The van der Waals surface area contributed by atoms with E-state index in [0.29, 0.717) is 0 Å². The van der Waals surface area contributed by atoms with Crippen LogP contribution >= 0.6 is 0 Å². The van der Waals surface area contributed by atoms with E-state index in [4.69, 9.17) is 0 Å². The molecule has 0 aliphatic carbocycles. The van der Waals surface area contributed by atoms with Gasteiger partial charge in [0.2, 0.25) is 0 Å². The van der Waals surface area contributed by atoms with Gasteiger partial charge >= 0.3 is 6.18 Å². The van der Waals surface area contributed by atoms with Gasteiger partial charge in [0.1, 0.15) is 11.6 Å². The summed E-state index contributed by atoms with van der Waals surface area (Å²) in [6, 6.07) is 8.19. The second-order valence-electron chi connectivity index (χ2n) is 6.49. The Balaban J connectivity index is 2.31. The quantitative estimate of drug-likeness (QED) is 0.586. The molecule has 1 aromatic heterocycles. The Hall–Kier alpha value is -3.01. The molecule has 0 aliphatic heterocycles. The molecule has 7 heteroatoms. The summed E-state index contributed by atoms with van der Waals surface area (Å²) in [7, 11) is 0. The van der Waals surface area contributed by atoms with Crippen LogP contribution in [0.2, 0.25) is 0 Å². The van der Waals surface area contributed by atoms with Crippen LogP contribution in [0.15, 0.2) is 35.9 Å². The maximum absolute atomic E-state index is 12.8. The fourth-order valence-electron chi connectivity index (χ4n) is 3.02. The molecule has 1 N–H and O–H groups in total. The zero-order chi connectivity index (χ0) is 20.4. The summed E-state index contributed by atoms with van der Waals surface area (Å²) in [5.74, 6) is -0.758. The molecule has 4 nitrogen and oxygen atoms in total. The Morgan fingerprint density at radius 2 is 1.93 bits per heavy atom. The van der Waals surface area contributed by atoms with Gasteiger partial charge < -0.3 is 9.88 Å². The lowest BCUT2D eigenvalue weighted by Crippen LogP contribution is -2.14. The van der Waals surface area contributed by atoms with Gasteiger partial charge in [-0.1, -0.05) is 6.07 Å². The van der Waals surface area contributed by atoms with Gasteiger partial charge in [0.25, 0.3) is 5.91 Å². The van der Waals surface area contributed by atoms with E-state index in [2.05, 4.69) is 9.88 Å². The van der Waals surface area contributed by atoms with E-state index in [0.717, 1.165) is 29.1 Å². The van der Waals surface area contributed by atoms with Crippen molar-refractivity contribution in [2.75, 3.05) is 5.32 Å². The fraction of sp³-hybridized carbons (Fsp3) is 0.300. The first-order chi connectivity index (χ1) is 12.5. The van der Waals surface area contributed by atoms with Crippen molar-refractivity contribution in [2.45, 2.75) is 39.9 Å². The van der Waals surface area contributed by atoms with Crippen LogP contribution in [0.4, 0.5) is 18.9 Å². The molecule has 0 atom stereocenters. The number of carbonyl (C=O) groups is 1. The van der Waals surface area contributed by atoms with E-state index in [9.17, 15) is 23.2 Å². The van der Waals surface area contributed by atoms with Crippen LogP contribution in [0, 0.1) is 25.2 Å². The van der Waals surface area contributed by atoms with Crippen molar-refractivity contribution < 1.29 is 18.0 Å². The lowest BCUT2D eigenvalue weighted by Gasteiger charge is -2.13. The number of nitriles is 1. The van der Waals surface area contributed by atoms with E-state index in [-0.39, 0.29) is 17.3 Å². The number of nitrogens with one attached hydrogen (secondary N) is 1. The number of nitrogens with zero attached hydrogens (tertiary/aromatic N) is 2. The molecule has 0 radical (unpaired) electrons. The third-order valence-electron chi connectivity index (χ3n) is 4.15. The number of benzene rings is 1. The predicted molar refractivity (Wildman–Crippen MR) is 98.0 cm³/mol. The van der Waals surface area contributed by atoms with Crippen molar-refractivity contribution in [3.8, 4) is 6.07 Å². The van der Waals surface area contributed by atoms with Crippen LogP contribution in [-0.4, -0.2) is 10.5 Å². The SMILES string of the molecule is Cc1cc(/C=C(/C#N)C(=O)Nc2cccc(C(F)(F)F)c2)c(C)n1C(C)C. The van der Waals surface area contributed by atoms with Crippen molar-refractivity contribution in [3.63, 3.8) is 0 Å². The van der Waals surface area contributed by atoms with E-state index in [1.165, 1.54) is 18.2 Å². The number of alkyl halides is 3. The minimum absolute atomic E-state index is 0.0244. The predicted octanol–water partition coefficient (Wildman–Crippen LogP) is 5.25. The van der Waals surface area contributed by atoms with Gasteiger partial charge in [0.15, 0.2) is 0 Å². The van der Waals surface area contributed by atoms with Crippen molar-refractivity contribution in [2.24, 2.45) is 0 Å². The average molecular weight is 375 g/mol. The monoisotopic (exact) mass is 375 g/mol. The van der Waals surface area contributed by atoms with Crippen molar-refractivity contribution in [1.82, 2.24) is 4.57 Å². The molecule has 0 unspecified atom stereocenters. The molecule has 0 aliphatic rings. The molecule has 1 amide bonds. The second kappa shape index (κ2) is 7.70. The van der Waals surface area contributed by atoms with Crippen LogP contribution in [0.25, 0.3) is 6.08 Å². The molecule has 1 heterocycles. The van der Waals surface area contributed by atoms with Crippen molar-refractivity contribution in [1.29, 1.82) is 5.26 Å². The maximum Gasteiger partial charge on any atom is 0.416 e. The normalized spacial score (nSPS) is 12.2. The zero-order valence-electron chi connectivity index (χ0n) is 15.5. The Kier molecular flexibility index (Phi) is 5.79. The van der Waals surface area contributed by atoms with Gasteiger partial charge in [0.05, 0.1) is 5.56 Å². The standard InChI is InChI=1S/C20H20F3N3O/c1-12(2)26-13(3)8-15(14(26)4)9-16(11-24)19(27)25-18-7-5-6-17(10-18)20(21,22)23/h5-10,12H,1-4H3,(H,25,27)/b16-9-. The highest BCUT2D eigenvalue weighted by Crippen LogP contribution is 2.30. The zero-order valence-corrected chi connectivity index (χ0v) is 15.5. The number of hydrogen-bond acceptors (Lipinski definition) is 2. The summed E-state index contributed by atoms with van der Waals surface area (Å²) in [5.41, 5.74) is 1.53. The fourth-order valence-corrected chi connectivity index (χ4v) is 3.02. The summed E-state index contributed by atoms with van der Waals surface area (Å²) in [6.45, 7) is 7.87. The number of carbonyl (C=O) groups excluding carboxylic acids is 1. The van der Waals surface area contributed by atoms with Gasteiger partial charge in [-0.3, -0.25) is 4.79 Å². The Labute approximate surface area is 155 Å². The molecule has 2 rings (SSSR count). The van der Waals surface area contributed by atoms with E-state index in [1.807, 2.05) is 39.8 Å². The van der Waals surface area contributed by atoms with Crippen LogP contribution in [-0.2, 0) is 11.0 Å². The summed E-state index contributed by atoms with van der Waals surface area (Å²) < 4.78 is 40.4. The molecular weight excluding hydrogens is 355 g/mol. The third kappa shape index (κ3) is 4.59. The van der Waals surface area contributed by atoms with Crippen LogP contribution in [0.1, 0.15) is 42.4 Å². The number of aromatic nitrogens is 1. The lowest BCUT2D eigenvalue weighted by atomic mass is 10.1. The summed E-state index contributed by atoms with van der Waals surface area (Å²) >= 11 is 0. The average Bonchev–Trinajstić information content (AvgIpc) is 2.85. The maximum atomic E-state index is 12.8. The minimum atomic E-state index is -4.51. The highest BCUT2D eigenvalue weighted by molar-refractivity contribution is 6.09. The molecule has 0 fully saturated rings. The summed E-state index contributed by atoms with van der Waals surface area (Å²) in [4.78, 5) is 12.4. The highest BCUT2D eigenvalue weighted by Gasteiger charge is 2.30. The molecule has 27 heavy (non-hydrogen) atoms. The van der Waals surface area contributed by atoms with Gasteiger partial charge in [-0.2, -0.15) is 18.4 Å². The smallest absolute Gasteiger partial charge is 0.346 e. The van der Waals surface area contributed by atoms with Gasteiger partial charge in [-0.25, -0.2) is 0 Å². The van der Waals surface area contributed by atoms with E-state index < -0.39 is 17.6 Å². The Morgan fingerprint density at radius 3 is 2.44 bits per heavy atom. The molecule has 0 saturated heterocycles. The van der Waals surface area contributed by atoms with Crippen molar-refractivity contribution in [3.05, 3.63) is 58.4 Å². The van der Waals surface area contributed by atoms with Crippen LogP contribution < -0.4 is 5.32 Å². The lowest BCUT2D eigenvalue weighted by molar-refractivity contribution is -0.137. The number of anilines is 1. The Morgan fingerprint density at radius 1 is 1.26 bits per heavy atom. The highest BCUT2D eigenvalue weighted by atomic mass is 19.4. The second-order valence-corrected chi connectivity index (χ2v) is 6.49. The van der Waals surface area contributed by atoms with Gasteiger partial charge in [-0.15, -0.1) is 0 Å². The van der Waals surface area contributed by atoms with E-state index >= 15 is 0 Å². The molecule has 0 bridgehead atoms. The number of amides is 1. The number of hydrogen-bond donors (Lipinski definition) is 1.